The van der Waals surface area contributed by atoms with Crippen molar-refractivity contribution in [1.29, 1.82) is 0 Å². The van der Waals surface area contributed by atoms with E-state index >= 15 is 0 Å². The van der Waals surface area contributed by atoms with E-state index in [9.17, 15) is 9.18 Å². The molecule has 1 aliphatic rings. The Hall–Kier alpha value is -1.76. The third-order valence-electron chi connectivity index (χ3n) is 5.85. The number of carbonyl (C=O) groups is 1. The van der Waals surface area contributed by atoms with Crippen LogP contribution < -0.4 is 9.64 Å². The number of carbonyl (C=O) groups excluding carboxylic acids is 1. The maximum atomic E-state index is 14.4. The van der Waals surface area contributed by atoms with Crippen LogP contribution in [0.15, 0.2) is 41.3 Å². The van der Waals surface area contributed by atoms with Gasteiger partial charge in [0.2, 0.25) is 5.91 Å². The molecule has 0 bridgehead atoms. The zero-order valence-electron chi connectivity index (χ0n) is 20.2. The Bertz CT molecular complexity index is 1000. The standard InChI is InChI=1S/C26H33ClFNO3S/c1-17(2)29(24(30)25(3,4)5)22-9-7-18(15-20(22)27)26(11-13-32-14-12-26)33-19-8-10-23(31-6)21(28)16-19/h7-10,15-17H,11-14H2,1-6H3. The van der Waals surface area contributed by atoms with Crippen LogP contribution in [-0.4, -0.2) is 32.3 Å². The average Bonchev–Trinajstić information content (AvgIpc) is 2.75. The number of anilines is 1. The van der Waals surface area contributed by atoms with Gasteiger partial charge in [0.15, 0.2) is 11.6 Å². The van der Waals surface area contributed by atoms with Crippen LogP contribution in [-0.2, 0) is 14.3 Å². The van der Waals surface area contributed by atoms with Gasteiger partial charge in [0.1, 0.15) is 0 Å². The SMILES string of the molecule is COc1ccc(SC2(c3ccc(N(C(=O)C(C)(C)C)C(C)C)c(Cl)c3)CCOCC2)cc1F. The van der Waals surface area contributed by atoms with Gasteiger partial charge in [0.25, 0.3) is 0 Å². The molecule has 180 valence electrons. The largest absolute Gasteiger partial charge is 0.494 e. The van der Waals surface area contributed by atoms with E-state index in [1.54, 1.807) is 22.7 Å². The Labute approximate surface area is 205 Å². The molecule has 0 atom stereocenters. The van der Waals surface area contributed by atoms with E-state index in [4.69, 9.17) is 21.1 Å². The summed E-state index contributed by atoms with van der Waals surface area (Å²) in [5.41, 5.74) is 1.23. The van der Waals surface area contributed by atoms with Crippen molar-refractivity contribution in [3.8, 4) is 5.75 Å². The second kappa shape index (κ2) is 10.2. The smallest absolute Gasteiger partial charge is 0.232 e. The van der Waals surface area contributed by atoms with Gasteiger partial charge >= 0.3 is 0 Å². The van der Waals surface area contributed by atoms with E-state index in [2.05, 4.69) is 0 Å². The lowest BCUT2D eigenvalue weighted by molar-refractivity contribution is -0.126. The summed E-state index contributed by atoms with van der Waals surface area (Å²) in [6, 6.07) is 11.0. The molecule has 0 aliphatic carbocycles. The highest BCUT2D eigenvalue weighted by Crippen LogP contribution is 2.50. The molecular weight excluding hydrogens is 461 g/mol. The minimum absolute atomic E-state index is 0.0241. The summed E-state index contributed by atoms with van der Waals surface area (Å²) in [5, 5.41) is 0.533. The lowest BCUT2D eigenvalue weighted by Gasteiger charge is -2.38. The molecule has 0 radical (unpaired) electrons. The van der Waals surface area contributed by atoms with Crippen molar-refractivity contribution in [2.45, 2.75) is 63.1 Å². The summed E-state index contributed by atoms with van der Waals surface area (Å²) >= 11 is 8.42. The summed E-state index contributed by atoms with van der Waals surface area (Å²) in [6.45, 7) is 10.9. The second-order valence-corrected chi connectivity index (χ2v) is 11.6. The van der Waals surface area contributed by atoms with E-state index in [0.29, 0.717) is 23.9 Å². The Morgan fingerprint density at radius 3 is 2.36 bits per heavy atom. The fourth-order valence-corrected chi connectivity index (χ4v) is 5.69. The Morgan fingerprint density at radius 1 is 1.18 bits per heavy atom. The van der Waals surface area contributed by atoms with Gasteiger partial charge in [0.05, 0.1) is 17.8 Å². The fraction of sp³-hybridized carbons (Fsp3) is 0.500. The molecule has 0 aromatic heterocycles. The van der Waals surface area contributed by atoms with Crippen LogP contribution in [0.5, 0.6) is 5.75 Å². The molecule has 0 unspecified atom stereocenters. The predicted molar refractivity (Wildman–Crippen MR) is 134 cm³/mol. The van der Waals surface area contributed by atoms with E-state index in [0.717, 1.165) is 23.3 Å². The van der Waals surface area contributed by atoms with Gasteiger partial charge in [0, 0.05) is 34.3 Å². The van der Waals surface area contributed by atoms with Gasteiger partial charge in [-0.15, -0.1) is 11.8 Å². The van der Waals surface area contributed by atoms with Crippen LogP contribution in [0.1, 0.15) is 53.0 Å². The topological polar surface area (TPSA) is 38.8 Å². The molecule has 1 heterocycles. The third kappa shape index (κ3) is 5.67. The number of methoxy groups -OCH3 is 1. The monoisotopic (exact) mass is 493 g/mol. The number of hydrogen-bond acceptors (Lipinski definition) is 4. The highest BCUT2D eigenvalue weighted by Gasteiger charge is 2.37. The van der Waals surface area contributed by atoms with Crippen LogP contribution in [0.3, 0.4) is 0 Å². The molecular formula is C26H33ClFNO3S. The highest BCUT2D eigenvalue weighted by molar-refractivity contribution is 8.00. The van der Waals surface area contributed by atoms with Crippen LogP contribution in [0.25, 0.3) is 0 Å². The van der Waals surface area contributed by atoms with Crippen molar-refractivity contribution in [2.75, 3.05) is 25.2 Å². The lowest BCUT2D eigenvalue weighted by Crippen LogP contribution is -2.44. The first-order chi connectivity index (χ1) is 15.5. The molecule has 2 aromatic carbocycles. The third-order valence-corrected chi connectivity index (χ3v) is 7.67. The maximum Gasteiger partial charge on any atom is 0.232 e. The zero-order valence-corrected chi connectivity index (χ0v) is 21.8. The highest BCUT2D eigenvalue weighted by atomic mass is 35.5. The molecule has 4 nitrogen and oxygen atoms in total. The number of thioether (sulfide) groups is 1. The summed E-state index contributed by atoms with van der Waals surface area (Å²) in [5.74, 6) is -0.132. The maximum absolute atomic E-state index is 14.4. The quantitative estimate of drug-likeness (QED) is 0.431. The van der Waals surface area contributed by atoms with Gasteiger partial charge in [-0.3, -0.25) is 4.79 Å². The van der Waals surface area contributed by atoms with Gasteiger partial charge < -0.3 is 14.4 Å². The number of ether oxygens (including phenoxy) is 2. The molecule has 2 aromatic rings. The van der Waals surface area contributed by atoms with E-state index in [-0.39, 0.29) is 28.3 Å². The van der Waals surface area contributed by atoms with Gasteiger partial charge in [-0.1, -0.05) is 38.4 Å². The predicted octanol–water partition coefficient (Wildman–Crippen LogP) is 7.07. The first-order valence-electron chi connectivity index (χ1n) is 11.2. The number of benzene rings is 2. The fourth-order valence-electron chi connectivity index (χ4n) is 4.06. The van der Waals surface area contributed by atoms with Crippen molar-refractivity contribution in [2.24, 2.45) is 5.41 Å². The van der Waals surface area contributed by atoms with Crippen molar-refractivity contribution in [1.82, 2.24) is 0 Å². The average molecular weight is 494 g/mol. The van der Waals surface area contributed by atoms with Crippen LogP contribution >= 0.6 is 23.4 Å². The van der Waals surface area contributed by atoms with Crippen LogP contribution in [0.2, 0.25) is 5.02 Å². The molecule has 0 N–H and O–H groups in total. The van der Waals surface area contributed by atoms with Crippen molar-refractivity contribution >= 4 is 35.0 Å². The molecule has 1 amide bonds. The number of halogens is 2. The van der Waals surface area contributed by atoms with Crippen molar-refractivity contribution in [3.05, 3.63) is 52.8 Å². The summed E-state index contributed by atoms with van der Waals surface area (Å²) in [7, 11) is 1.46. The molecule has 1 fully saturated rings. The molecule has 1 saturated heterocycles. The molecule has 3 rings (SSSR count). The number of nitrogens with zero attached hydrogens (tertiary/aromatic N) is 1. The van der Waals surface area contributed by atoms with Gasteiger partial charge in [-0.2, -0.15) is 0 Å². The summed E-state index contributed by atoms with van der Waals surface area (Å²) in [4.78, 5) is 15.7. The lowest BCUT2D eigenvalue weighted by atomic mass is 9.89. The second-order valence-electron chi connectivity index (χ2n) is 9.69. The molecule has 33 heavy (non-hydrogen) atoms. The molecule has 0 spiro atoms. The Morgan fingerprint density at radius 2 is 1.85 bits per heavy atom. The summed E-state index contributed by atoms with van der Waals surface area (Å²) in [6.07, 6.45) is 1.55. The van der Waals surface area contributed by atoms with E-state index in [1.165, 1.54) is 13.2 Å². The van der Waals surface area contributed by atoms with Crippen molar-refractivity contribution < 1.29 is 18.7 Å². The summed E-state index contributed by atoms with van der Waals surface area (Å²) < 4.78 is 24.8. The molecule has 0 saturated carbocycles. The van der Waals surface area contributed by atoms with Crippen molar-refractivity contribution in [3.63, 3.8) is 0 Å². The Kier molecular flexibility index (Phi) is 8.03. The van der Waals surface area contributed by atoms with Crippen LogP contribution in [0, 0.1) is 11.2 Å². The Balaban J connectivity index is 2.00. The van der Waals surface area contributed by atoms with Gasteiger partial charge in [-0.25, -0.2) is 4.39 Å². The first-order valence-corrected chi connectivity index (χ1v) is 12.4. The van der Waals surface area contributed by atoms with Gasteiger partial charge in [-0.05, 0) is 62.6 Å². The minimum Gasteiger partial charge on any atom is -0.494 e. The zero-order chi connectivity index (χ0) is 24.4. The normalized spacial score (nSPS) is 16.0. The number of amides is 1. The van der Waals surface area contributed by atoms with Crippen LogP contribution in [0.4, 0.5) is 10.1 Å². The first kappa shape index (κ1) is 25.9. The van der Waals surface area contributed by atoms with E-state index < -0.39 is 5.41 Å². The number of rotatable bonds is 6. The number of hydrogen-bond donors (Lipinski definition) is 0. The van der Waals surface area contributed by atoms with E-state index in [1.807, 2.05) is 58.9 Å². The minimum atomic E-state index is -0.525. The molecule has 7 heteroatoms. The molecule has 1 aliphatic heterocycles.